The number of carbonyl (C=O) groups is 1. The van der Waals surface area contributed by atoms with Crippen LogP contribution >= 0.6 is 23.1 Å². The molecule has 0 bridgehead atoms. The number of pyridine rings is 1. The SMILES string of the molecule is C=CSc1c[c-]c(-c2nccc3oc4cc5c(C)csc5cc4c23)cc1C(C)(C)C.CCC(C)(CC)C(=O)/C=C(\O)C(C)(CC)CC.[Ir]. The summed E-state index contributed by atoms with van der Waals surface area (Å²) >= 11 is 3.41. The molecule has 0 aliphatic rings. The molecule has 3 aromatic heterocycles. The fraction of sp³-hybridized carbons (Fsp3) is 0.415. The van der Waals surface area contributed by atoms with Crippen molar-refractivity contribution in [1.82, 2.24) is 4.98 Å². The number of nitrogens with zero attached hydrogens (tertiary/aromatic N) is 1. The number of hydrogen-bond donors (Lipinski definition) is 1. The van der Waals surface area contributed by atoms with E-state index in [1.165, 1.54) is 32.2 Å². The van der Waals surface area contributed by atoms with Gasteiger partial charge in [-0.25, -0.2) is 0 Å². The maximum absolute atomic E-state index is 12.2. The summed E-state index contributed by atoms with van der Waals surface area (Å²) in [7, 11) is 0. The monoisotopic (exact) mass is 861 g/mol. The molecule has 4 nitrogen and oxygen atoms in total. The number of benzene rings is 2. The minimum absolute atomic E-state index is 0. The molecule has 1 radical (unpaired) electrons. The molecule has 0 aliphatic carbocycles. The van der Waals surface area contributed by atoms with Crippen LogP contribution < -0.4 is 0 Å². The van der Waals surface area contributed by atoms with Crippen LogP contribution in [0, 0.1) is 23.8 Å². The Balaban J connectivity index is 0.000000301. The molecule has 48 heavy (non-hydrogen) atoms. The predicted molar refractivity (Wildman–Crippen MR) is 204 cm³/mol. The molecule has 0 amide bonds. The Labute approximate surface area is 308 Å². The van der Waals surface area contributed by atoms with Crippen molar-refractivity contribution >= 4 is 60.9 Å². The van der Waals surface area contributed by atoms with Crippen molar-refractivity contribution in [2.24, 2.45) is 10.8 Å². The number of carbonyl (C=O) groups excluding carboxylic acids is 1. The van der Waals surface area contributed by atoms with Gasteiger partial charge in [-0.05, 0) is 83.7 Å². The zero-order valence-electron chi connectivity index (χ0n) is 30.1. The van der Waals surface area contributed by atoms with Crippen LogP contribution in [-0.2, 0) is 30.3 Å². The first-order chi connectivity index (χ1) is 22.2. The van der Waals surface area contributed by atoms with Crippen molar-refractivity contribution in [3.05, 3.63) is 82.9 Å². The average Bonchev–Trinajstić information content (AvgIpc) is 3.61. The van der Waals surface area contributed by atoms with Crippen LogP contribution in [0.4, 0.5) is 0 Å². The largest absolute Gasteiger partial charge is 0.512 e. The number of rotatable bonds is 10. The number of furan rings is 1. The summed E-state index contributed by atoms with van der Waals surface area (Å²) in [6.45, 7) is 24.8. The van der Waals surface area contributed by atoms with Crippen LogP contribution in [0.3, 0.4) is 0 Å². The molecule has 259 valence electrons. The van der Waals surface area contributed by atoms with Crippen LogP contribution in [0.25, 0.3) is 43.3 Å². The van der Waals surface area contributed by atoms with Gasteiger partial charge in [0.05, 0.1) is 0 Å². The van der Waals surface area contributed by atoms with Gasteiger partial charge in [0.25, 0.3) is 0 Å². The molecule has 2 aromatic carbocycles. The molecule has 0 fully saturated rings. The third kappa shape index (κ3) is 8.02. The fourth-order valence-corrected chi connectivity index (χ4v) is 7.41. The number of ketones is 1. The summed E-state index contributed by atoms with van der Waals surface area (Å²) in [6, 6.07) is 14.1. The number of aliphatic hydroxyl groups excluding tert-OH is 1. The van der Waals surface area contributed by atoms with E-state index in [2.05, 4.69) is 70.0 Å². The van der Waals surface area contributed by atoms with Gasteiger partial charge in [0, 0.05) is 58.7 Å². The summed E-state index contributed by atoms with van der Waals surface area (Å²) in [5.74, 6) is 0.286. The van der Waals surface area contributed by atoms with Crippen LogP contribution in [0.2, 0.25) is 0 Å². The minimum atomic E-state index is -0.337. The van der Waals surface area contributed by atoms with E-state index in [9.17, 15) is 9.90 Å². The second-order valence-corrected chi connectivity index (χ2v) is 15.9. The molecule has 3 heterocycles. The van der Waals surface area contributed by atoms with Crippen LogP contribution in [0.15, 0.2) is 75.0 Å². The van der Waals surface area contributed by atoms with E-state index in [0.29, 0.717) is 0 Å². The molecule has 5 rings (SSSR count). The quantitative estimate of drug-likeness (QED) is 0.0656. The van der Waals surface area contributed by atoms with E-state index in [-0.39, 0.29) is 47.9 Å². The number of aliphatic hydroxyl groups is 1. The maximum Gasteiger partial charge on any atom is 0.164 e. The molecule has 0 atom stereocenters. The standard InChI is InChI=1S/C26H22NOS2.C15H28O2.Ir/c1-6-29-22-8-7-16(11-19(22)26(3,4)5)25-24-18-13-23-17(15(2)14-30-23)12-21(18)28-20(24)9-10-27-25;1-7-14(5,8-2)12(16)11-13(17)15(6,9-3)10-4;/h6,8-14H,1H2,2-5H3;11,16H,7-10H2,1-6H3;/q-1;;/b;12-11-;. The summed E-state index contributed by atoms with van der Waals surface area (Å²) in [5, 5.41) is 17.6. The van der Waals surface area contributed by atoms with Crippen molar-refractivity contribution in [1.29, 1.82) is 0 Å². The molecule has 0 saturated heterocycles. The predicted octanol–water partition coefficient (Wildman–Crippen LogP) is 13.2. The third-order valence-electron chi connectivity index (χ3n) is 10.1. The van der Waals surface area contributed by atoms with Crippen molar-refractivity contribution in [3.8, 4) is 11.3 Å². The maximum atomic E-state index is 12.2. The first-order valence-corrected chi connectivity index (χ1v) is 18.4. The summed E-state index contributed by atoms with van der Waals surface area (Å²) in [6.07, 6.45) is 6.58. The molecule has 5 aromatic rings. The molecule has 1 N–H and O–H groups in total. The first kappa shape index (κ1) is 39.7. The van der Waals surface area contributed by atoms with Crippen LogP contribution in [-0.4, -0.2) is 15.9 Å². The Morgan fingerprint density at radius 1 is 1.00 bits per heavy atom. The molecular formula is C41H50IrNO3S2-. The van der Waals surface area contributed by atoms with Gasteiger partial charge in [-0.15, -0.1) is 40.7 Å². The molecule has 0 spiro atoms. The number of allylic oxidation sites excluding steroid dienone is 2. The third-order valence-corrected chi connectivity index (χ3v) is 11.9. The number of fused-ring (bicyclic) bond motifs is 4. The molecule has 0 unspecified atom stereocenters. The van der Waals surface area contributed by atoms with Crippen molar-refractivity contribution < 1.29 is 34.4 Å². The number of thiophene rings is 1. The molecular weight excluding hydrogens is 811 g/mol. The van der Waals surface area contributed by atoms with Gasteiger partial charge in [-0.1, -0.05) is 73.8 Å². The number of thioether (sulfide) groups is 1. The number of hydrogen-bond acceptors (Lipinski definition) is 6. The molecule has 0 aliphatic heterocycles. The fourth-order valence-electron chi connectivity index (χ4n) is 5.64. The van der Waals surface area contributed by atoms with E-state index in [1.54, 1.807) is 23.1 Å². The normalized spacial score (nSPS) is 12.6. The van der Waals surface area contributed by atoms with Crippen molar-refractivity contribution in [2.45, 2.75) is 105 Å². The van der Waals surface area contributed by atoms with Gasteiger partial charge in [0.15, 0.2) is 5.78 Å². The van der Waals surface area contributed by atoms with Gasteiger partial charge in [0.2, 0.25) is 0 Å². The van der Waals surface area contributed by atoms with E-state index >= 15 is 0 Å². The van der Waals surface area contributed by atoms with E-state index in [4.69, 9.17) is 9.40 Å². The topological polar surface area (TPSA) is 63.3 Å². The van der Waals surface area contributed by atoms with Gasteiger partial charge in [0.1, 0.15) is 16.9 Å². The van der Waals surface area contributed by atoms with Crippen LogP contribution in [0.5, 0.6) is 0 Å². The van der Waals surface area contributed by atoms with Gasteiger partial charge >= 0.3 is 0 Å². The Bertz CT molecular complexity index is 1930. The zero-order valence-corrected chi connectivity index (χ0v) is 34.1. The Hall–Kier alpha value is -2.70. The van der Waals surface area contributed by atoms with Gasteiger partial charge in [-0.3, -0.25) is 4.79 Å². The van der Waals surface area contributed by atoms with Gasteiger partial charge < -0.3 is 14.5 Å². The molecule has 0 saturated carbocycles. The Morgan fingerprint density at radius 3 is 2.23 bits per heavy atom. The molecule has 7 heteroatoms. The van der Waals surface area contributed by atoms with Crippen molar-refractivity contribution in [3.63, 3.8) is 0 Å². The Kier molecular flexibility index (Phi) is 13.2. The summed E-state index contributed by atoms with van der Waals surface area (Å²) in [5.41, 5.74) is 5.63. The van der Waals surface area contributed by atoms with E-state index < -0.39 is 0 Å². The number of aromatic nitrogens is 1. The summed E-state index contributed by atoms with van der Waals surface area (Å²) in [4.78, 5) is 18.1. The number of aryl methyl sites for hydroxylation is 1. The minimum Gasteiger partial charge on any atom is -0.512 e. The Morgan fingerprint density at radius 2 is 1.65 bits per heavy atom. The second kappa shape index (κ2) is 15.9. The smallest absolute Gasteiger partial charge is 0.164 e. The first-order valence-electron chi connectivity index (χ1n) is 16.6. The van der Waals surface area contributed by atoms with E-state index in [1.807, 2.05) is 59.2 Å². The van der Waals surface area contributed by atoms with Gasteiger partial charge in [-0.2, -0.15) is 11.8 Å². The zero-order chi connectivity index (χ0) is 34.7. The summed E-state index contributed by atoms with van der Waals surface area (Å²) < 4.78 is 7.51. The van der Waals surface area contributed by atoms with Crippen molar-refractivity contribution in [2.75, 3.05) is 0 Å². The second-order valence-electron chi connectivity index (χ2n) is 14.0. The average molecular weight is 861 g/mol. The van der Waals surface area contributed by atoms with E-state index in [0.717, 1.165) is 58.9 Å². The van der Waals surface area contributed by atoms with Crippen LogP contribution in [0.1, 0.15) is 99.1 Å².